The molecule has 0 spiro atoms. The zero-order valence-electron chi connectivity index (χ0n) is 9.95. The summed E-state index contributed by atoms with van der Waals surface area (Å²) in [6.07, 6.45) is 3.30. The number of imidazole rings is 1. The van der Waals surface area contributed by atoms with Gasteiger partial charge in [-0.25, -0.2) is 4.98 Å². The Morgan fingerprint density at radius 1 is 1.39 bits per heavy atom. The molecule has 0 saturated carbocycles. The number of aromatic hydroxyl groups is 1. The molecule has 0 radical (unpaired) electrons. The van der Waals surface area contributed by atoms with Crippen molar-refractivity contribution in [3.63, 3.8) is 0 Å². The van der Waals surface area contributed by atoms with Gasteiger partial charge in [-0.15, -0.1) is 0 Å². The summed E-state index contributed by atoms with van der Waals surface area (Å²) in [6.45, 7) is 0. The molecule has 1 unspecified atom stereocenters. The number of aliphatic carboxylic acids is 1. The van der Waals surface area contributed by atoms with E-state index in [1.807, 2.05) is 7.05 Å². The Kier molecular flexibility index (Phi) is 3.32. The van der Waals surface area contributed by atoms with Crippen LogP contribution in [0.2, 0.25) is 0 Å². The Labute approximate surface area is 104 Å². The third-order valence-electron chi connectivity index (χ3n) is 2.89. The van der Waals surface area contributed by atoms with Gasteiger partial charge in [-0.2, -0.15) is 0 Å². The van der Waals surface area contributed by atoms with Crippen LogP contribution in [0.1, 0.15) is 23.6 Å². The van der Waals surface area contributed by atoms with Crippen molar-refractivity contribution in [1.82, 2.24) is 9.55 Å². The second kappa shape index (κ2) is 4.91. The first kappa shape index (κ1) is 12.2. The smallest absolute Gasteiger partial charge is 0.304 e. The van der Waals surface area contributed by atoms with Crippen molar-refractivity contribution in [2.45, 2.75) is 12.3 Å². The minimum atomic E-state index is -0.866. The van der Waals surface area contributed by atoms with Gasteiger partial charge in [-0.1, -0.05) is 12.1 Å². The van der Waals surface area contributed by atoms with Crippen LogP contribution in [0.3, 0.4) is 0 Å². The summed E-state index contributed by atoms with van der Waals surface area (Å²) >= 11 is 0. The fourth-order valence-corrected chi connectivity index (χ4v) is 1.98. The first-order valence-corrected chi connectivity index (χ1v) is 5.55. The van der Waals surface area contributed by atoms with E-state index in [0.717, 1.165) is 11.3 Å². The highest BCUT2D eigenvalue weighted by Crippen LogP contribution is 2.28. The number of phenolic OH excluding ortho intramolecular Hbond substituents is 1. The average molecular weight is 246 g/mol. The molecule has 1 aromatic carbocycles. The van der Waals surface area contributed by atoms with E-state index in [-0.39, 0.29) is 18.1 Å². The van der Waals surface area contributed by atoms with Crippen LogP contribution in [0.25, 0.3) is 0 Å². The Morgan fingerprint density at radius 2 is 2.06 bits per heavy atom. The van der Waals surface area contributed by atoms with E-state index in [0.29, 0.717) is 0 Å². The molecule has 0 aliphatic heterocycles. The molecule has 5 nitrogen and oxygen atoms in total. The zero-order valence-corrected chi connectivity index (χ0v) is 9.95. The minimum Gasteiger partial charge on any atom is -0.508 e. The number of carboxylic acid groups (broad SMARTS) is 1. The van der Waals surface area contributed by atoms with Crippen molar-refractivity contribution >= 4 is 5.97 Å². The number of hydrogen-bond donors (Lipinski definition) is 2. The van der Waals surface area contributed by atoms with Gasteiger partial charge in [-0.3, -0.25) is 4.79 Å². The molecule has 1 atom stereocenters. The normalized spacial score (nSPS) is 12.3. The van der Waals surface area contributed by atoms with Gasteiger partial charge in [0.05, 0.1) is 12.7 Å². The van der Waals surface area contributed by atoms with E-state index in [1.165, 1.54) is 0 Å². The Balaban J connectivity index is 2.39. The van der Waals surface area contributed by atoms with E-state index in [4.69, 9.17) is 5.11 Å². The maximum Gasteiger partial charge on any atom is 0.304 e. The van der Waals surface area contributed by atoms with E-state index in [2.05, 4.69) is 4.98 Å². The first-order valence-electron chi connectivity index (χ1n) is 5.55. The van der Waals surface area contributed by atoms with Crippen LogP contribution in [0.15, 0.2) is 36.8 Å². The van der Waals surface area contributed by atoms with Crippen molar-refractivity contribution < 1.29 is 15.0 Å². The summed E-state index contributed by atoms with van der Waals surface area (Å²) in [6, 6.07) is 6.58. The molecular weight excluding hydrogens is 232 g/mol. The van der Waals surface area contributed by atoms with Crippen LogP contribution in [0, 0.1) is 0 Å². The van der Waals surface area contributed by atoms with Crippen molar-refractivity contribution in [2.75, 3.05) is 0 Å². The maximum absolute atomic E-state index is 11.0. The van der Waals surface area contributed by atoms with Crippen molar-refractivity contribution in [1.29, 1.82) is 0 Å². The molecular formula is C13H14N2O3. The Bertz CT molecular complexity index is 546. The molecule has 0 fully saturated rings. The summed E-state index contributed by atoms with van der Waals surface area (Å²) < 4.78 is 1.81. The molecule has 2 aromatic rings. The standard InChI is InChI=1S/C13H14N2O3/c1-15-8-14-7-12(15)11(6-13(17)18)9-2-4-10(16)5-3-9/h2-5,7-8,11,16H,6H2,1H3,(H,17,18). The van der Waals surface area contributed by atoms with Gasteiger partial charge >= 0.3 is 5.97 Å². The van der Waals surface area contributed by atoms with Crippen LogP contribution in [-0.2, 0) is 11.8 Å². The van der Waals surface area contributed by atoms with Crippen LogP contribution >= 0.6 is 0 Å². The highest BCUT2D eigenvalue weighted by Gasteiger charge is 2.20. The molecule has 18 heavy (non-hydrogen) atoms. The molecule has 0 amide bonds. The molecule has 0 aliphatic rings. The summed E-state index contributed by atoms with van der Waals surface area (Å²) in [5.74, 6) is -0.970. The predicted octanol–water partition coefficient (Wildman–Crippen LogP) is 1.73. The molecule has 0 bridgehead atoms. The predicted molar refractivity (Wildman–Crippen MR) is 65.4 cm³/mol. The number of aromatic nitrogens is 2. The molecule has 0 aliphatic carbocycles. The lowest BCUT2D eigenvalue weighted by atomic mass is 9.92. The number of nitrogens with zero attached hydrogens (tertiary/aromatic N) is 2. The lowest BCUT2D eigenvalue weighted by Crippen LogP contribution is -2.11. The zero-order chi connectivity index (χ0) is 13.1. The molecule has 1 aromatic heterocycles. The third-order valence-corrected chi connectivity index (χ3v) is 2.89. The molecule has 2 rings (SSSR count). The van der Waals surface area contributed by atoms with Gasteiger partial charge in [-0.05, 0) is 17.7 Å². The maximum atomic E-state index is 11.0. The number of carboxylic acids is 1. The van der Waals surface area contributed by atoms with Crippen molar-refractivity contribution in [3.8, 4) is 5.75 Å². The fraction of sp³-hybridized carbons (Fsp3) is 0.231. The molecule has 2 N–H and O–H groups in total. The Hall–Kier alpha value is -2.30. The molecule has 1 heterocycles. The Morgan fingerprint density at radius 3 is 2.56 bits per heavy atom. The number of benzene rings is 1. The van der Waals surface area contributed by atoms with Gasteiger partial charge in [0.2, 0.25) is 0 Å². The minimum absolute atomic E-state index is 0.00961. The average Bonchev–Trinajstić information content (AvgIpc) is 2.73. The SMILES string of the molecule is Cn1cncc1C(CC(=O)O)c1ccc(O)cc1. The first-order chi connectivity index (χ1) is 8.58. The van der Waals surface area contributed by atoms with Crippen LogP contribution in [0.5, 0.6) is 5.75 Å². The lowest BCUT2D eigenvalue weighted by molar-refractivity contribution is -0.137. The van der Waals surface area contributed by atoms with Crippen LogP contribution in [-0.4, -0.2) is 25.7 Å². The van der Waals surface area contributed by atoms with Crippen molar-refractivity contribution in [2.24, 2.45) is 7.05 Å². The third kappa shape index (κ3) is 2.51. The topological polar surface area (TPSA) is 75.4 Å². The summed E-state index contributed by atoms with van der Waals surface area (Å²) in [5, 5.41) is 18.3. The number of aryl methyl sites for hydroxylation is 1. The van der Waals surface area contributed by atoms with Gasteiger partial charge in [0, 0.05) is 24.9 Å². The highest BCUT2D eigenvalue weighted by molar-refractivity contribution is 5.68. The largest absolute Gasteiger partial charge is 0.508 e. The quantitative estimate of drug-likeness (QED) is 0.861. The fourth-order valence-electron chi connectivity index (χ4n) is 1.98. The van der Waals surface area contributed by atoms with E-state index in [9.17, 15) is 9.90 Å². The molecule has 5 heteroatoms. The molecule has 0 saturated heterocycles. The van der Waals surface area contributed by atoms with Crippen molar-refractivity contribution in [3.05, 3.63) is 48.0 Å². The summed E-state index contributed by atoms with van der Waals surface area (Å²) in [5.41, 5.74) is 1.68. The second-order valence-corrected chi connectivity index (χ2v) is 4.17. The number of carbonyl (C=O) groups is 1. The lowest BCUT2D eigenvalue weighted by Gasteiger charge is -2.16. The van der Waals surface area contributed by atoms with E-state index in [1.54, 1.807) is 41.4 Å². The summed E-state index contributed by atoms with van der Waals surface area (Å²) in [4.78, 5) is 15.0. The summed E-state index contributed by atoms with van der Waals surface area (Å²) in [7, 11) is 1.83. The van der Waals surface area contributed by atoms with Crippen LogP contribution < -0.4 is 0 Å². The monoisotopic (exact) mass is 246 g/mol. The van der Waals surface area contributed by atoms with Gasteiger partial charge in [0.15, 0.2) is 0 Å². The number of hydrogen-bond acceptors (Lipinski definition) is 3. The van der Waals surface area contributed by atoms with Gasteiger partial charge in [0.25, 0.3) is 0 Å². The number of phenols is 1. The van der Waals surface area contributed by atoms with E-state index < -0.39 is 5.97 Å². The number of rotatable bonds is 4. The van der Waals surface area contributed by atoms with Gasteiger partial charge in [0.1, 0.15) is 5.75 Å². The molecule has 94 valence electrons. The van der Waals surface area contributed by atoms with E-state index >= 15 is 0 Å². The second-order valence-electron chi connectivity index (χ2n) is 4.17. The van der Waals surface area contributed by atoms with Gasteiger partial charge < -0.3 is 14.8 Å². The van der Waals surface area contributed by atoms with Crippen LogP contribution in [0.4, 0.5) is 0 Å². The highest BCUT2D eigenvalue weighted by atomic mass is 16.4.